The van der Waals surface area contributed by atoms with Gasteiger partial charge in [0.05, 0.1) is 21.2 Å². The summed E-state index contributed by atoms with van der Waals surface area (Å²) in [7, 11) is 1.70. The second kappa shape index (κ2) is 7.47. The van der Waals surface area contributed by atoms with E-state index < -0.39 is 0 Å². The molecule has 2 heterocycles. The van der Waals surface area contributed by atoms with Crippen LogP contribution < -0.4 is 10.9 Å². The number of benzene rings is 1. The Hall–Kier alpha value is -1.54. The summed E-state index contributed by atoms with van der Waals surface area (Å²) < 4.78 is 1.53. The van der Waals surface area contributed by atoms with Crippen molar-refractivity contribution in [3.8, 4) is 0 Å². The predicted octanol–water partition coefficient (Wildman–Crippen LogP) is 4.52. The number of hydrogen-bond donors (Lipinski definition) is 1. The molecule has 1 amide bonds. The molecule has 0 saturated carbocycles. The quantitative estimate of drug-likeness (QED) is 0.479. The highest BCUT2D eigenvalue weighted by molar-refractivity contribution is 7.99. The molecule has 1 aliphatic carbocycles. The summed E-state index contributed by atoms with van der Waals surface area (Å²) >= 11 is 14.7. The number of rotatable bonds is 4. The number of carbonyl (C=O) groups excluding carboxylic acids is 1. The molecule has 0 unspecified atom stereocenters. The first kappa shape index (κ1) is 18.8. The van der Waals surface area contributed by atoms with Crippen molar-refractivity contribution < 1.29 is 4.79 Å². The number of aromatic nitrogens is 2. The van der Waals surface area contributed by atoms with Crippen molar-refractivity contribution in [1.82, 2.24) is 9.55 Å². The largest absolute Gasteiger partial charge is 0.325 e. The van der Waals surface area contributed by atoms with E-state index in [9.17, 15) is 9.59 Å². The van der Waals surface area contributed by atoms with Crippen LogP contribution in [0.25, 0.3) is 10.2 Å². The van der Waals surface area contributed by atoms with Crippen LogP contribution in [0.4, 0.5) is 5.69 Å². The molecule has 5 nitrogen and oxygen atoms in total. The van der Waals surface area contributed by atoms with Crippen molar-refractivity contribution in [2.24, 2.45) is 7.05 Å². The molecule has 0 aliphatic heterocycles. The number of amides is 1. The number of thiophene rings is 1. The van der Waals surface area contributed by atoms with Crippen molar-refractivity contribution >= 4 is 68.1 Å². The molecule has 2 aromatic heterocycles. The van der Waals surface area contributed by atoms with E-state index in [1.807, 2.05) is 0 Å². The smallest absolute Gasteiger partial charge is 0.262 e. The van der Waals surface area contributed by atoms with Crippen LogP contribution >= 0.6 is 46.3 Å². The Balaban J connectivity index is 1.52. The average Bonchev–Trinajstić information content (AvgIpc) is 3.20. The molecule has 27 heavy (non-hydrogen) atoms. The molecule has 140 valence electrons. The number of carbonyl (C=O) groups is 1. The van der Waals surface area contributed by atoms with E-state index in [1.165, 1.54) is 21.2 Å². The summed E-state index contributed by atoms with van der Waals surface area (Å²) in [5, 5.41) is 4.86. The highest BCUT2D eigenvalue weighted by Crippen LogP contribution is 2.35. The Labute approximate surface area is 173 Å². The standard InChI is InChI=1S/C18H15Cl2N3O2S2/c1-23-17(25)15-10-3-2-4-13(10)27-16(15)22-18(23)26-8-14(24)21-9-5-6-11(19)12(20)7-9/h5-7H,2-4,8H2,1H3,(H,21,24). The number of thioether (sulfide) groups is 1. The van der Waals surface area contributed by atoms with Gasteiger partial charge in [-0.05, 0) is 43.0 Å². The Kier molecular flexibility index (Phi) is 5.20. The summed E-state index contributed by atoms with van der Waals surface area (Å²) in [5.41, 5.74) is 1.70. The highest BCUT2D eigenvalue weighted by Gasteiger charge is 2.22. The first-order chi connectivity index (χ1) is 12.9. The predicted molar refractivity (Wildman–Crippen MR) is 113 cm³/mol. The van der Waals surface area contributed by atoms with E-state index in [-0.39, 0.29) is 17.2 Å². The molecular weight excluding hydrogens is 425 g/mol. The van der Waals surface area contributed by atoms with Crippen molar-refractivity contribution in [3.63, 3.8) is 0 Å². The number of halogens is 2. The van der Waals surface area contributed by atoms with E-state index in [0.29, 0.717) is 20.9 Å². The fraction of sp³-hybridized carbons (Fsp3) is 0.278. The Morgan fingerprint density at radius 2 is 2.15 bits per heavy atom. The van der Waals surface area contributed by atoms with Gasteiger partial charge >= 0.3 is 0 Å². The second-order valence-electron chi connectivity index (χ2n) is 6.26. The minimum Gasteiger partial charge on any atom is -0.325 e. The third kappa shape index (κ3) is 3.61. The van der Waals surface area contributed by atoms with Gasteiger partial charge in [0.1, 0.15) is 4.83 Å². The summed E-state index contributed by atoms with van der Waals surface area (Å²) in [5.74, 6) is -0.0710. The molecule has 1 aliphatic rings. The number of anilines is 1. The number of fused-ring (bicyclic) bond motifs is 3. The van der Waals surface area contributed by atoms with Gasteiger partial charge in [0.25, 0.3) is 5.56 Å². The van der Waals surface area contributed by atoms with Gasteiger partial charge in [-0.15, -0.1) is 11.3 Å². The summed E-state index contributed by atoms with van der Waals surface area (Å²) in [6, 6.07) is 4.91. The van der Waals surface area contributed by atoms with Gasteiger partial charge in [0.15, 0.2) is 5.16 Å². The van der Waals surface area contributed by atoms with Crippen LogP contribution in [0.2, 0.25) is 10.0 Å². The average molecular weight is 440 g/mol. The summed E-state index contributed by atoms with van der Waals surface area (Å²) in [4.78, 5) is 31.7. The maximum atomic E-state index is 12.8. The zero-order valence-electron chi connectivity index (χ0n) is 14.3. The molecule has 4 rings (SSSR count). The lowest BCUT2D eigenvalue weighted by atomic mass is 10.2. The van der Waals surface area contributed by atoms with E-state index in [1.54, 1.807) is 36.6 Å². The zero-order valence-corrected chi connectivity index (χ0v) is 17.5. The van der Waals surface area contributed by atoms with Crippen LogP contribution in [0.1, 0.15) is 16.9 Å². The molecule has 9 heteroatoms. The lowest BCUT2D eigenvalue weighted by molar-refractivity contribution is -0.113. The molecule has 3 aromatic rings. The molecular formula is C18H15Cl2N3O2S2. The fourth-order valence-corrected chi connectivity index (χ4v) is 5.51. The number of aryl methyl sites for hydroxylation is 2. The molecule has 0 bridgehead atoms. The van der Waals surface area contributed by atoms with Crippen molar-refractivity contribution in [2.45, 2.75) is 24.4 Å². The van der Waals surface area contributed by atoms with Crippen LogP contribution in [-0.4, -0.2) is 21.2 Å². The van der Waals surface area contributed by atoms with Crippen LogP contribution in [0.15, 0.2) is 28.2 Å². The maximum absolute atomic E-state index is 12.8. The third-order valence-corrected chi connectivity index (χ3v) is 7.40. The zero-order chi connectivity index (χ0) is 19.1. The van der Waals surface area contributed by atoms with Gasteiger partial charge in [-0.1, -0.05) is 35.0 Å². The summed E-state index contributed by atoms with van der Waals surface area (Å²) in [6.45, 7) is 0. The topological polar surface area (TPSA) is 64.0 Å². The SMILES string of the molecule is Cn1c(SCC(=O)Nc2ccc(Cl)c(Cl)c2)nc2sc3c(c2c1=O)CCC3. The van der Waals surface area contributed by atoms with Gasteiger partial charge in [-0.3, -0.25) is 14.2 Å². The molecule has 0 atom stereocenters. The Morgan fingerprint density at radius 3 is 2.93 bits per heavy atom. The number of nitrogens with zero attached hydrogens (tertiary/aromatic N) is 2. The van der Waals surface area contributed by atoms with Crippen LogP contribution in [-0.2, 0) is 24.7 Å². The summed E-state index contributed by atoms with van der Waals surface area (Å²) in [6.07, 6.45) is 3.07. The van der Waals surface area contributed by atoms with Crippen LogP contribution in [0, 0.1) is 0 Å². The highest BCUT2D eigenvalue weighted by atomic mass is 35.5. The monoisotopic (exact) mass is 439 g/mol. The first-order valence-corrected chi connectivity index (χ1v) is 10.9. The lowest BCUT2D eigenvalue weighted by Gasteiger charge is -2.09. The molecule has 0 spiro atoms. The minimum absolute atomic E-state index is 0.0354. The van der Waals surface area contributed by atoms with E-state index in [2.05, 4.69) is 10.3 Å². The van der Waals surface area contributed by atoms with Gasteiger partial charge in [0.2, 0.25) is 5.91 Å². The lowest BCUT2D eigenvalue weighted by Crippen LogP contribution is -2.21. The van der Waals surface area contributed by atoms with Crippen LogP contribution in [0.5, 0.6) is 0 Å². The molecule has 1 aromatic carbocycles. The van der Waals surface area contributed by atoms with Crippen LogP contribution in [0.3, 0.4) is 0 Å². The Morgan fingerprint density at radius 1 is 1.33 bits per heavy atom. The first-order valence-electron chi connectivity index (χ1n) is 8.33. The minimum atomic E-state index is -0.207. The fourth-order valence-electron chi connectivity index (χ4n) is 3.14. The van der Waals surface area contributed by atoms with Gasteiger partial charge < -0.3 is 5.32 Å². The molecule has 0 radical (unpaired) electrons. The van der Waals surface area contributed by atoms with Crippen molar-refractivity contribution in [2.75, 3.05) is 11.1 Å². The van der Waals surface area contributed by atoms with E-state index in [0.717, 1.165) is 35.0 Å². The Bertz CT molecular complexity index is 1120. The van der Waals surface area contributed by atoms with Gasteiger partial charge in [-0.25, -0.2) is 4.98 Å². The van der Waals surface area contributed by atoms with Gasteiger partial charge in [-0.2, -0.15) is 0 Å². The molecule has 1 N–H and O–H groups in total. The van der Waals surface area contributed by atoms with E-state index in [4.69, 9.17) is 23.2 Å². The number of nitrogens with one attached hydrogen (secondary N) is 1. The maximum Gasteiger partial charge on any atom is 0.262 e. The third-order valence-electron chi connectivity index (χ3n) is 4.44. The van der Waals surface area contributed by atoms with Crippen molar-refractivity contribution in [1.29, 1.82) is 0 Å². The van der Waals surface area contributed by atoms with Crippen molar-refractivity contribution in [3.05, 3.63) is 49.0 Å². The molecule has 0 fully saturated rings. The van der Waals surface area contributed by atoms with Gasteiger partial charge in [0, 0.05) is 17.6 Å². The normalized spacial score (nSPS) is 13.1. The molecule has 0 saturated heterocycles. The number of hydrogen-bond acceptors (Lipinski definition) is 5. The second-order valence-corrected chi connectivity index (χ2v) is 9.10. The van der Waals surface area contributed by atoms with E-state index >= 15 is 0 Å².